The molecule has 4 aromatic rings. The predicted molar refractivity (Wildman–Crippen MR) is 109 cm³/mol. The number of aromatic amines is 1. The zero-order chi connectivity index (χ0) is 18.8. The van der Waals surface area contributed by atoms with E-state index in [1.165, 1.54) is 11.8 Å². The van der Waals surface area contributed by atoms with Crippen molar-refractivity contribution in [3.8, 4) is 0 Å². The summed E-state index contributed by atoms with van der Waals surface area (Å²) < 4.78 is 2.17. The van der Waals surface area contributed by atoms with Crippen LogP contribution in [0.3, 0.4) is 0 Å². The van der Waals surface area contributed by atoms with E-state index in [1.54, 1.807) is 18.2 Å². The van der Waals surface area contributed by atoms with Crippen molar-refractivity contribution >= 4 is 34.0 Å². The standard InChI is InChI=1S/C20H18N4O2S/c1-21-14-8-9-16-18(11-14)23(12-15-5-4-10-22-15)13-20(16)27-19-7-3-2-6-17(19)24(25)26/h2-11,13,21-22H,12H2,1H3. The van der Waals surface area contributed by atoms with Crippen molar-refractivity contribution in [2.45, 2.75) is 16.3 Å². The molecule has 0 saturated carbocycles. The lowest BCUT2D eigenvalue weighted by atomic mass is 10.2. The number of nitro benzene ring substituents is 1. The fourth-order valence-corrected chi connectivity index (χ4v) is 4.18. The first kappa shape index (κ1) is 17.2. The summed E-state index contributed by atoms with van der Waals surface area (Å²) in [6, 6.07) is 17.0. The number of fused-ring (bicyclic) bond motifs is 1. The van der Waals surface area contributed by atoms with Crippen LogP contribution in [-0.4, -0.2) is 21.5 Å². The Labute approximate surface area is 160 Å². The van der Waals surface area contributed by atoms with E-state index in [2.05, 4.69) is 33.2 Å². The Bertz CT molecular complexity index is 1100. The maximum atomic E-state index is 11.4. The minimum atomic E-state index is -0.334. The number of anilines is 1. The SMILES string of the molecule is CNc1ccc2c(Sc3ccccc3[N+](=O)[O-])cn(Cc3ccc[nH]3)c2c1. The molecule has 2 aromatic heterocycles. The second-order valence-electron chi connectivity index (χ2n) is 6.13. The van der Waals surface area contributed by atoms with Gasteiger partial charge in [-0.2, -0.15) is 0 Å². The van der Waals surface area contributed by atoms with Crippen LogP contribution in [0.1, 0.15) is 5.69 Å². The third kappa shape index (κ3) is 3.41. The number of hydrogen-bond acceptors (Lipinski definition) is 4. The molecule has 4 rings (SSSR count). The molecule has 0 radical (unpaired) electrons. The van der Waals surface area contributed by atoms with Gasteiger partial charge in [-0.1, -0.05) is 23.9 Å². The van der Waals surface area contributed by atoms with Crippen molar-refractivity contribution in [1.82, 2.24) is 9.55 Å². The normalized spacial score (nSPS) is 11.0. The number of rotatable bonds is 6. The van der Waals surface area contributed by atoms with Gasteiger partial charge in [0.1, 0.15) is 0 Å². The minimum Gasteiger partial charge on any atom is -0.388 e. The predicted octanol–water partition coefficient (Wildman–Crippen LogP) is 5.12. The summed E-state index contributed by atoms with van der Waals surface area (Å²) in [4.78, 5) is 15.9. The third-order valence-corrected chi connectivity index (χ3v) is 5.53. The van der Waals surface area contributed by atoms with Gasteiger partial charge in [-0.3, -0.25) is 10.1 Å². The molecular formula is C20H18N4O2S. The van der Waals surface area contributed by atoms with Gasteiger partial charge in [-0.05, 0) is 36.4 Å². The molecule has 0 aliphatic rings. The zero-order valence-electron chi connectivity index (χ0n) is 14.7. The Morgan fingerprint density at radius 3 is 2.74 bits per heavy atom. The first-order valence-corrected chi connectivity index (χ1v) is 9.31. The van der Waals surface area contributed by atoms with E-state index in [0.29, 0.717) is 11.4 Å². The second-order valence-corrected chi connectivity index (χ2v) is 7.21. The van der Waals surface area contributed by atoms with E-state index in [0.717, 1.165) is 27.2 Å². The maximum Gasteiger partial charge on any atom is 0.283 e. The summed E-state index contributed by atoms with van der Waals surface area (Å²) in [5.74, 6) is 0. The molecule has 2 N–H and O–H groups in total. The second kappa shape index (κ2) is 7.20. The molecule has 0 bridgehead atoms. The Balaban J connectivity index is 1.80. The summed E-state index contributed by atoms with van der Waals surface area (Å²) in [5, 5.41) is 15.6. The number of nitrogens with one attached hydrogen (secondary N) is 2. The molecule has 2 heterocycles. The lowest BCUT2D eigenvalue weighted by Gasteiger charge is -2.05. The topological polar surface area (TPSA) is 75.9 Å². The largest absolute Gasteiger partial charge is 0.388 e. The van der Waals surface area contributed by atoms with E-state index in [4.69, 9.17) is 0 Å². The molecule has 7 heteroatoms. The van der Waals surface area contributed by atoms with Crippen molar-refractivity contribution in [2.24, 2.45) is 0 Å². The number of nitrogens with zero attached hydrogens (tertiary/aromatic N) is 2. The van der Waals surface area contributed by atoms with E-state index in [9.17, 15) is 10.1 Å². The highest BCUT2D eigenvalue weighted by Gasteiger charge is 2.17. The Kier molecular flexibility index (Phi) is 4.60. The quantitative estimate of drug-likeness (QED) is 0.361. The number of hydrogen-bond donors (Lipinski definition) is 2. The smallest absolute Gasteiger partial charge is 0.283 e. The van der Waals surface area contributed by atoms with Crippen LogP contribution in [0.4, 0.5) is 11.4 Å². The summed E-state index contributed by atoms with van der Waals surface area (Å²) in [6.07, 6.45) is 3.97. The van der Waals surface area contributed by atoms with E-state index in [1.807, 2.05) is 37.5 Å². The highest BCUT2D eigenvalue weighted by atomic mass is 32.2. The molecule has 0 fully saturated rings. The summed E-state index contributed by atoms with van der Waals surface area (Å²) in [6.45, 7) is 0.702. The van der Waals surface area contributed by atoms with Crippen LogP contribution in [-0.2, 0) is 6.54 Å². The van der Waals surface area contributed by atoms with Crippen molar-refractivity contribution in [3.05, 3.63) is 82.8 Å². The molecule has 2 aromatic carbocycles. The molecule has 0 saturated heterocycles. The van der Waals surface area contributed by atoms with E-state index < -0.39 is 0 Å². The molecule has 27 heavy (non-hydrogen) atoms. The van der Waals surface area contributed by atoms with Gasteiger partial charge in [0.2, 0.25) is 0 Å². The Morgan fingerprint density at radius 1 is 1.15 bits per heavy atom. The maximum absolute atomic E-state index is 11.4. The van der Waals surface area contributed by atoms with Crippen LogP contribution in [0.25, 0.3) is 10.9 Å². The van der Waals surface area contributed by atoms with Crippen LogP contribution in [0, 0.1) is 10.1 Å². The van der Waals surface area contributed by atoms with E-state index in [-0.39, 0.29) is 10.6 Å². The van der Waals surface area contributed by atoms with Gasteiger partial charge in [-0.15, -0.1) is 0 Å². The average molecular weight is 378 g/mol. The van der Waals surface area contributed by atoms with Gasteiger partial charge in [-0.25, -0.2) is 0 Å². The fourth-order valence-electron chi connectivity index (χ4n) is 3.09. The molecular weight excluding hydrogens is 360 g/mol. The van der Waals surface area contributed by atoms with Crippen molar-refractivity contribution in [3.63, 3.8) is 0 Å². The van der Waals surface area contributed by atoms with E-state index >= 15 is 0 Å². The van der Waals surface area contributed by atoms with Crippen LogP contribution in [0.2, 0.25) is 0 Å². The summed E-state index contributed by atoms with van der Waals surface area (Å²) >= 11 is 1.43. The average Bonchev–Trinajstić information content (AvgIpc) is 3.30. The molecule has 6 nitrogen and oxygen atoms in total. The van der Waals surface area contributed by atoms with Gasteiger partial charge in [0.25, 0.3) is 5.69 Å². The number of nitro groups is 1. The van der Waals surface area contributed by atoms with Gasteiger partial charge in [0, 0.05) is 47.2 Å². The molecule has 0 amide bonds. The lowest BCUT2D eigenvalue weighted by molar-refractivity contribution is -0.387. The van der Waals surface area contributed by atoms with Gasteiger partial charge in [0.05, 0.1) is 21.9 Å². The lowest BCUT2D eigenvalue weighted by Crippen LogP contribution is -1.98. The number of benzene rings is 2. The fraction of sp³-hybridized carbons (Fsp3) is 0.100. The van der Waals surface area contributed by atoms with Gasteiger partial charge < -0.3 is 14.9 Å². The summed E-state index contributed by atoms with van der Waals surface area (Å²) in [5.41, 5.74) is 3.33. The Hall–Kier alpha value is -3.19. The molecule has 0 unspecified atom stereocenters. The van der Waals surface area contributed by atoms with Gasteiger partial charge >= 0.3 is 0 Å². The molecule has 0 spiro atoms. The molecule has 0 aliphatic heterocycles. The monoisotopic (exact) mass is 378 g/mol. The zero-order valence-corrected chi connectivity index (χ0v) is 15.5. The van der Waals surface area contributed by atoms with Crippen molar-refractivity contribution in [2.75, 3.05) is 12.4 Å². The summed E-state index contributed by atoms with van der Waals surface area (Å²) in [7, 11) is 1.89. The number of para-hydroxylation sites is 1. The first-order valence-electron chi connectivity index (χ1n) is 8.50. The number of aromatic nitrogens is 2. The highest BCUT2D eigenvalue weighted by Crippen LogP contribution is 2.39. The highest BCUT2D eigenvalue weighted by molar-refractivity contribution is 7.99. The minimum absolute atomic E-state index is 0.125. The van der Waals surface area contributed by atoms with Crippen molar-refractivity contribution < 1.29 is 4.92 Å². The van der Waals surface area contributed by atoms with Crippen LogP contribution < -0.4 is 5.32 Å². The van der Waals surface area contributed by atoms with Crippen molar-refractivity contribution in [1.29, 1.82) is 0 Å². The molecule has 136 valence electrons. The van der Waals surface area contributed by atoms with Crippen LogP contribution >= 0.6 is 11.8 Å². The third-order valence-electron chi connectivity index (χ3n) is 4.42. The molecule has 0 atom stereocenters. The van der Waals surface area contributed by atoms with Crippen LogP contribution in [0.5, 0.6) is 0 Å². The Morgan fingerprint density at radius 2 is 2.00 bits per heavy atom. The first-order chi connectivity index (χ1) is 13.2. The number of H-pyrrole nitrogens is 1. The van der Waals surface area contributed by atoms with Gasteiger partial charge in [0.15, 0.2) is 0 Å². The van der Waals surface area contributed by atoms with Crippen LogP contribution in [0.15, 0.2) is 76.8 Å². The molecule has 0 aliphatic carbocycles.